The van der Waals surface area contributed by atoms with Crippen LogP contribution in [-0.2, 0) is 0 Å². The van der Waals surface area contributed by atoms with Crippen LogP contribution in [0.5, 0.6) is 0 Å². The number of likely N-dealkylation sites (N-methyl/N-ethyl adjacent to an activating group) is 1. The molecular weight excluding hydrogens is 298 g/mol. The van der Waals surface area contributed by atoms with Gasteiger partial charge in [-0.1, -0.05) is 19.9 Å². The van der Waals surface area contributed by atoms with Gasteiger partial charge in [0.05, 0.1) is 0 Å². The number of anilines is 1. The number of benzene rings is 1. The molecular formula is C19H33N5. The van der Waals surface area contributed by atoms with E-state index in [1.54, 1.807) is 0 Å². The van der Waals surface area contributed by atoms with Crippen LogP contribution in [0.1, 0.15) is 25.0 Å². The number of aliphatic imine (C=N–C) groups is 1. The van der Waals surface area contributed by atoms with Crippen molar-refractivity contribution >= 4 is 11.6 Å². The van der Waals surface area contributed by atoms with Crippen LogP contribution in [0.25, 0.3) is 0 Å². The molecule has 1 aromatic rings. The lowest BCUT2D eigenvalue weighted by atomic mass is 10.1. The molecule has 1 unspecified atom stereocenters. The van der Waals surface area contributed by atoms with Gasteiger partial charge in [0.1, 0.15) is 0 Å². The molecule has 5 nitrogen and oxygen atoms in total. The quantitative estimate of drug-likeness (QED) is 0.620. The Hall–Kier alpha value is -1.59. The number of aryl methyl sites for hydroxylation is 2. The first-order valence-corrected chi connectivity index (χ1v) is 9.06. The molecule has 1 saturated heterocycles. The fraction of sp³-hybridized carbons (Fsp3) is 0.632. The second kappa shape index (κ2) is 9.04. The maximum absolute atomic E-state index is 6.04. The van der Waals surface area contributed by atoms with Crippen LogP contribution in [0, 0.1) is 19.8 Å². The van der Waals surface area contributed by atoms with Gasteiger partial charge < -0.3 is 20.9 Å². The second-order valence-corrected chi connectivity index (χ2v) is 7.07. The maximum atomic E-state index is 6.04. The number of hydrogen-bond donors (Lipinski definition) is 2. The SMILES string of the molecule is CCN1CCN(CC(C)CN=C(N)Nc2cc(C)cc(C)c2)CC1. The van der Waals surface area contributed by atoms with Crippen molar-refractivity contribution in [2.24, 2.45) is 16.6 Å². The molecule has 24 heavy (non-hydrogen) atoms. The molecule has 1 heterocycles. The van der Waals surface area contributed by atoms with E-state index in [1.165, 1.54) is 24.2 Å². The van der Waals surface area contributed by atoms with Crippen LogP contribution in [0.2, 0.25) is 0 Å². The summed E-state index contributed by atoms with van der Waals surface area (Å²) in [6.07, 6.45) is 0. The van der Waals surface area contributed by atoms with E-state index in [1.807, 2.05) is 0 Å². The Balaban J connectivity index is 1.77. The highest BCUT2D eigenvalue weighted by Gasteiger charge is 2.17. The number of hydrogen-bond acceptors (Lipinski definition) is 3. The van der Waals surface area contributed by atoms with Crippen LogP contribution in [0.15, 0.2) is 23.2 Å². The Morgan fingerprint density at radius 3 is 2.29 bits per heavy atom. The number of guanidine groups is 1. The van der Waals surface area contributed by atoms with Gasteiger partial charge >= 0.3 is 0 Å². The minimum absolute atomic E-state index is 0.502. The number of rotatable bonds is 6. The highest BCUT2D eigenvalue weighted by Crippen LogP contribution is 2.13. The average molecular weight is 332 g/mol. The second-order valence-electron chi connectivity index (χ2n) is 7.07. The third-order valence-electron chi connectivity index (χ3n) is 4.55. The van der Waals surface area contributed by atoms with Crippen molar-refractivity contribution in [3.8, 4) is 0 Å². The summed E-state index contributed by atoms with van der Waals surface area (Å²) in [6.45, 7) is 16.4. The highest BCUT2D eigenvalue weighted by molar-refractivity contribution is 5.92. The Bertz CT molecular complexity index is 526. The minimum atomic E-state index is 0.502. The topological polar surface area (TPSA) is 56.9 Å². The molecule has 0 spiro atoms. The van der Waals surface area contributed by atoms with E-state index >= 15 is 0 Å². The monoisotopic (exact) mass is 331 g/mol. The molecule has 0 radical (unpaired) electrons. The fourth-order valence-corrected chi connectivity index (χ4v) is 3.28. The van der Waals surface area contributed by atoms with Crippen LogP contribution < -0.4 is 11.1 Å². The zero-order chi connectivity index (χ0) is 17.5. The van der Waals surface area contributed by atoms with Crippen LogP contribution in [-0.4, -0.2) is 61.6 Å². The zero-order valence-corrected chi connectivity index (χ0v) is 15.7. The van der Waals surface area contributed by atoms with E-state index in [4.69, 9.17) is 5.73 Å². The van der Waals surface area contributed by atoms with Crippen molar-refractivity contribution in [3.63, 3.8) is 0 Å². The summed E-state index contributed by atoms with van der Waals surface area (Å²) in [6, 6.07) is 6.33. The van der Waals surface area contributed by atoms with Crippen molar-refractivity contribution in [1.29, 1.82) is 0 Å². The molecule has 1 aromatic carbocycles. The standard InChI is InChI=1S/C19H33N5/c1-5-23-6-8-24(9-7-23)14-17(4)13-21-19(20)22-18-11-15(2)10-16(3)12-18/h10-12,17H,5-9,13-14H2,1-4H3,(H3,20,21,22). The van der Waals surface area contributed by atoms with Gasteiger partial charge in [-0.05, 0) is 49.6 Å². The smallest absolute Gasteiger partial charge is 0.193 e. The molecule has 0 saturated carbocycles. The Morgan fingerprint density at radius 1 is 1.12 bits per heavy atom. The Labute approximate surface area is 146 Å². The van der Waals surface area contributed by atoms with E-state index < -0.39 is 0 Å². The predicted octanol–water partition coefficient (Wildman–Crippen LogP) is 2.30. The molecule has 3 N–H and O–H groups in total. The van der Waals surface area contributed by atoms with E-state index in [0.29, 0.717) is 11.9 Å². The van der Waals surface area contributed by atoms with E-state index in [-0.39, 0.29) is 0 Å². The van der Waals surface area contributed by atoms with Gasteiger partial charge in [0.25, 0.3) is 0 Å². The third kappa shape index (κ3) is 6.13. The summed E-state index contributed by atoms with van der Waals surface area (Å²) in [5.41, 5.74) is 9.51. The number of nitrogens with one attached hydrogen (secondary N) is 1. The largest absolute Gasteiger partial charge is 0.370 e. The van der Waals surface area contributed by atoms with Gasteiger partial charge in [0.15, 0.2) is 5.96 Å². The highest BCUT2D eigenvalue weighted by atomic mass is 15.3. The summed E-state index contributed by atoms with van der Waals surface area (Å²) in [4.78, 5) is 9.57. The molecule has 2 rings (SSSR count). The summed E-state index contributed by atoms with van der Waals surface area (Å²) < 4.78 is 0. The molecule has 0 amide bonds. The molecule has 1 aliphatic heterocycles. The van der Waals surface area contributed by atoms with E-state index in [0.717, 1.165) is 38.4 Å². The molecule has 5 heteroatoms. The van der Waals surface area contributed by atoms with Crippen LogP contribution in [0.3, 0.4) is 0 Å². The first-order valence-electron chi connectivity index (χ1n) is 9.06. The third-order valence-corrected chi connectivity index (χ3v) is 4.55. The van der Waals surface area contributed by atoms with E-state index in [2.05, 4.69) is 66.0 Å². The number of piperazine rings is 1. The van der Waals surface area contributed by atoms with Crippen molar-refractivity contribution in [2.75, 3.05) is 51.1 Å². The van der Waals surface area contributed by atoms with Crippen molar-refractivity contribution in [1.82, 2.24) is 9.80 Å². The van der Waals surface area contributed by atoms with Crippen molar-refractivity contribution in [2.45, 2.75) is 27.7 Å². The molecule has 0 bridgehead atoms. The van der Waals surface area contributed by atoms with Gasteiger partial charge in [-0.2, -0.15) is 0 Å². The molecule has 0 aromatic heterocycles. The van der Waals surface area contributed by atoms with Crippen LogP contribution >= 0.6 is 0 Å². The van der Waals surface area contributed by atoms with Gasteiger partial charge in [-0.25, -0.2) is 0 Å². The van der Waals surface area contributed by atoms with Gasteiger partial charge in [0.2, 0.25) is 0 Å². The summed E-state index contributed by atoms with van der Waals surface area (Å²) >= 11 is 0. The lowest BCUT2D eigenvalue weighted by molar-refractivity contribution is 0.125. The summed E-state index contributed by atoms with van der Waals surface area (Å²) in [5.74, 6) is 1.01. The first-order chi connectivity index (χ1) is 11.5. The van der Waals surface area contributed by atoms with Gasteiger partial charge in [0, 0.05) is 45.0 Å². The predicted molar refractivity (Wildman–Crippen MR) is 104 cm³/mol. The maximum Gasteiger partial charge on any atom is 0.193 e. The number of nitrogens with zero attached hydrogens (tertiary/aromatic N) is 3. The van der Waals surface area contributed by atoms with Gasteiger partial charge in [-0.3, -0.25) is 4.99 Å². The zero-order valence-electron chi connectivity index (χ0n) is 15.7. The lowest BCUT2D eigenvalue weighted by Gasteiger charge is -2.35. The normalized spacial score (nSPS) is 18.6. The Morgan fingerprint density at radius 2 is 1.71 bits per heavy atom. The average Bonchev–Trinajstić information content (AvgIpc) is 2.53. The van der Waals surface area contributed by atoms with E-state index in [9.17, 15) is 0 Å². The molecule has 1 atom stereocenters. The summed E-state index contributed by atoms with van der Waals surface area (Å²) in [5, 5.41) is 3.20. The summed E-state index contributed by atoms with van der Waals surface area (Å²) in [7, 11) is 0. The van der Waals surface area contributed by atoms with Crippen molar-refractivity contribution in [3.05, 3.63) is 29.3 Å². The molecule has 0 aliphatic carbocycles. The van der Waals surface area contributed by atoms with Gasteiger partial charge in [-0.15, -0.1) is 0 Å². The number of nitrogens with two attached hydrogens (primary N) is 1. The fourth-order valence-electron chi connectivity index (χ4n) is 3.28. The molecule has 1 aliphatic rings. The lowest BCUT2D eigenvalue weighted by Crippen LogP contribution is -2.47. The minimum Gasteiger partial charge on any atom is -0.370 e. The van der Waals surface area contributed by atoms with Crippen LogP contribution in [0.4, 0.5) is 5.69 Å². The Kier molecular flexibility index (Phi) is 7.06. The van der Waals surface area contributed by atoms with Crippen molar-refractivity contribution < 1.29 is 0 Å². The molecule has 1 fully saturated rings. The molecule has 134 valence electrons. The first kappa shape index (κ1) is 18.7.